The Kier molecular flexibility index (Phi) is 2.93. The molecule has 0 radical (unpaired) electrons. The fourth-order valence-corrected chi connectivity index (χ4v) is 1.52. The van der Waals surface area contributed by atoms with Crippen LogP contribution in [0.3, 0.4) is 0 Å². The van der Waals surface area contributed by atoms with Gasteiger partial charge >= 0.3 is 5.97 Å². The van der Waals surface area contributed by atoms with Gasteiger partial charge in [0.15, 0.2) is 0 Å². The lowest BCUT2D eigenvalue weighted by molar-refractivity contribution is 0.0694. The zero-order valence-corrected chi connectivity index (χ0v) is 9.42. The molecule has 6 heteroatoms. The highest BCUT2D eigenvalue weighted by Gasteiger charge is 2.13. The van der Waals surface area contributed by atoms with E-state index in [1.807, 2.05) is 0 Å². The highest BCUT2D eigenvalue weighted by atomic mass is 19.1. The highest BCUT2D eigenvalue weighted by Crippen LogP contribution is 2.16. The molecule has 1 aromatic heterocycles. The molecule has 1 aromatic carbocycles. The Morgan fingerprint density at radius 2 is 1.94 bits per heavy atom. The minimum atomic E-state index is -1.32. The molecule has 0 spiro atoms. The number of carbonyl (C=O) groups is 1. The Morgan fingerprint density at radius 3 is 2.50 bits per heavy atom. The second kappa shape index (κ2) is 4.40. The summed E-state index contributed by atoms with van der Waals surface area (Å²) >= 11 is 0. The van der Waals surface area contributed by atoms with E-state index in [9.17, 15) is 14.0 Å². The third kappa shape index (κ3) is 2.13. The highest BCUT2D eigenvalue weighted by molar-refractivity contribution is 5.88. The Hall–Kier alpha value is -2.50. The number of carboxylic acid groups (broad SMARTS) is 1. The molecule has 18 heavy (non-hydrogen) atoms. The first-order chi connectivity index (χ1) is 8.49. The quantitative estimate of drug-likeness (QED) is 0.869. The summed E-state index contributed by atoms with van der Waals surface area (Å²) in [5.74, 6) is -1.72. The van der Waals surface area contributed by atoms with Crippen LogP contribution in [0.4, 0.5) is 4.39 Å². The average Bonchev–Trinajstić information content (AvgIpc) is 2.33. The number of halogens is 1. The van der Waals surface area contributed by atoms with E-state index in [-0.39, 0.29) is 5.56 Å². The van der Waals surface area contributed by atoms with E-state index in [0.29, 0.717) is 11.3 Å². The van der Waals surface area contributed by atoms with Crippen LogP contribution in [0.2, 0.25) is 0 Å². The summed E-state index contributed by atoms with van der Waals surface area (Å²) in [6.07, 6.45) is 0. The van der Waals surface area contributed by atoms with Gasteiger partial charge in [0, 0.05) is 12.6 Å². The summed E-state index contributed by atoms with van der Waals surface area (Å²) in [6, 6.07) is 6.59. The second-order valence-electron chi connectivity index (χ2n) is 3.68. The van der Waals surface area contributed by atoms with Gasteiger partial charge in [0.05, 0.1) is 5.69 Å². The van der Waals surface area contributed by atoms with Crippen LogP contribution in [0.25, 0.3) is 11.3 Å². The summed E-state index contributed by atoms with van der Waals surface area (Å²) in [7, 11) is 1.36. The maximum atomic E-state index is 12.8. The van der Waals surface area contributed by atoms with Crippen LogP contribution in [0.5, 0.6) is 0 Å². The molecule has 5 nitrogen and oxygen atoms in total. The number of benzene rings is 1. The van der Waals surface area contributed by atoms with Gasteiger partial charge in [-0.25, -0.2) is 13.9 Å². The van der Waals surface area contributed by atoms with Crippen LogP contribution in [-0.4, -0.2) is 20.9 Å². The second-order valence-corrected chi connectivity index (χ2v) is 3.68. The number of rotatable bonds is 2. The van der Waals surface area contributed by atoms with Crippen molar-refractivity contribution in [1.82, 2.24) is 9.78 Å². The molecular formula is C12H9FN2O3. The van der Waals surface area contributed by atoms with Gasteiger partial charge in [-0.2, -0.15) is 5.10 Å². The molecule has 0 saturated heterocycles. The molecule has 1 heterocycles. The molecule has 0 saturated carbocycles. The summed E-state index contributed by atoms with van der Waals surface area (Å²) in [4.78, 5) is 22.4. The number of aryl methyl sites for hydroxylation is 1. The maximum Gasteiger partial charge on any atom is 0.341 e. The molecule has 0 atom stereocenters. The van der Waals surface area contributed by atoms with E-state index in [2.05, 4.69) is 5.10 Å². The molecule has 0 unspecified atom stereocenters. The summed E-state index contributed by atoms with van der Waals surface area (Å²) in [5, 5.41) is 12.8. The van der Waals surface area contributed by atoms with Gasteiger partial charge in [-0.05, 0) is 30.3 Å². The standard InChI is InChI=1S/C12H9FN2O3/c1-15-11(16)9(12(17)18)6-10(14-15)7-2-4-8(13)5-3-7/h2-6H,1H3,(H,17,18). The topological polar surface area (TPSA) is 72.2 Å². The van der Waals surface area contributed by atoms with E-state index in [0.717, 1.165) is 4.68 Å². The van der Waals surface area contributed by atoms with E-state index >= 15 is 0 Å². The van der Waals surface area contributed by atoms with Gasteiger partial charge in [0.2, 0.25) is 0 Å². The van der Waals surface area contributed by atoms with Crippen molar-refractivity contribution in [1.29, 1.82) is 0 Å². The van der Waals surface area contributed by atoms with Crippen molar-refractivity contribution in [3.05, 3.63) is 52.1 Å². The van der Waals surface area contributed by atoms with Gasteiger partial charge in [-0.15, -0.1) is 0 Å². The number of carboxylic acids is 1. The predicted octanol–water partition coefficient (Wildman–Crippen LogP) is 1.28. The van der Waals surface area contributed by atoms with Crippen molar-refractivity contribution in [2.24, 2.45) is 7.05 Å². The Bertz CT molecular complexity index is 662. The molecular weight excluding hydrogens is 239 g/mol. The monoisotopic (exact) mass is 248 g/mol. The first-order valence-electron chi connectivity index (χ1n) is 5.06. The van der Waals surface area contributed by atoms with Crippen molar-refractivity contribution in [2.45, 2.75) is 0 Å². The Labute approximate surface area is 101 Å². The third-order valence-electron chi connectivity index (χ3n) is 2.43. The predicted molar refractivity (Wildman–Crippen MR) is 61.8 cm³/mol. The minimum absolute atomic E-state index is 0.300. The Morgan fingerprint density at radius 1 is 1.33 bits per heavy atom. The fourth-order valence-electron chi connectivity index (χ4n) is 1.52. The summed E-state index contributed by atoms with van der Waals surface area (Å²) in [6.45, 7) is 0. The molecule has 0 fully saturated rings. The van der Waals surface area contributed by atoms with Crippen LogP contribution >= 0.6 is 0 Å². The summed E-state index contributed by atoms with van der Waals surface area (Å²) < 4.78 is 13.7. The molecule has 0 aliphatic heterocycles. The van der Waals surface area contributed by atoms with Gasteiger partial charge in [0.25, 0.3) is 5.56 Å². The lowest BCUT2D eigenvalue weighted by Crippen LogP contribution is -2.26. The normalized spacial score (nSPS) is 10.3. The Balaban J connectivity index is 2.62. The van der Waals surface area contributed by atoms with Gasteiger partial charge < -0.3 is 5.11 Å². The molecule has 0 bridgehead atoms. The molecule has 2 aromatic rings. The molecule has 0 aliphatic rings. The van der Waals surface area contributed by atoms with Crippen molar-refractivity contribution in [3.63, 3.8) is 0 Å². The summed E-state index contributed by atoms with van der Waals surface area (Å²) in [5.41, 5.74) is -0.218. The number of hydrogen-bond acceptors (Lipinski definition) is 3. The number of hydrogen-bond donors (Lipinski definition) is 1. The molecule has 0 amide bonds. The van der Waals surface area contributed by atoms with Crippen LogP contribution in [0.1, 0.15) is 10.4 Å². The molecule has 92 valence electrons. The van der Waals surface area contributed by atoms with E-state index in [1.54, 1.807) is 0 Å². The molecule has 1 N–H and O–H groups in total. The van der Waals surface area contributed by atoms with E-state index in [1.165, 1.54) is 37.4 Å². The van der Waals surface area contributed by atoms with Crippen LogP contribution in [0.15, 0.2) is 35.1 Å². The fraction of sp³-hybridized carbons (Fsp3) is 0.0833. The number of aromatic nitrogens is 2. The smallest absolute Gasteiger partial charge is 0.341 e. The number of aromatic carboxylic acids is 1. The largest absolute Gasteiger partial charge is 0.477 e. The van der Waals surface area contributed by atoms with Gasteiger partial charge in [0.1, 0.15) is 11.4 Å². The van der Waals surface area contributed by atoms with Crippen LogP contribution in [0, 0.1) is 5.82 Å². The maximum absolute atomic E-state index is 12.8. The molecule has 2 rings (SSSR count). The van der Waals surface area contributed by atoms with Crippen molar-refractivity contribution < 1.29 is 14.3 Å². The molecule has 0 aliphatic carbocycles. The van der Waals surface area contributed by atoms with Crippen LogP contribution in [-0.2, 0) is 7.05 Å². The lowest BCUT2D eigenvalue weighted by Gasteiger charge is -2.05. The zero-order valence-electron chi connectivity index (χ0n) is 9.42. The van der Waals surface area contributed by atoms with Crippen LogP contribution < -0.4 is 5.56 Å². The van der Waals surface area contributed by atoms with Gasteiger partial charge in [-0.3, -0.25) is 4.79 Å². The third-order valence-corrected chi connectivity index (χ3v) is 2.43. The average molecular weight is 248 g/mol. The van der Waals surface area contributed by atoms with Crippen molar-refractivity contribution in [2.75, 3.05) is 0 Å². The SMILES string of the molecule is Cn1nc(-c2ccc(F)cc2)cc(C(=O)O)c1=O. The first-order valence-corrected chi connectivity index (χ1v) is 5.06. The van der Waals surface area contributed by atoms with E-state index < -0.39 is 17.3 Å². The number of nitrogens with zero attached hydrogens (tertiary/aromatic N) is 2. The lowest BCUT2D eigenvalue weighted by atomic mass is 10.1. The van der Waals surface area contributed by atoms with Crippen molar-refractivity contribution in [3.8, 4) is 11.3 Å². The van der Waals surface area contributed by atoms with Crippen molar-refractivity contribution >= 4 is 5.97 Å². The van der Waals surface area contributed by atoms with Gasteiger partial charge in [-0.1, -0.05) is 0 Å². The minimum Gasteiger partial charge on any atom is -0.477 e. The van der Waals surface area contributed by atoms with E-state index in [4.69, 9.17) is 5.11 Å². The first kappa shape index (κ1) is 12.0. The zero-order chi connectivity index (χ0) is 13.3.